The van der Waals surface area contributed by atoms with Crippen LogP contribution < -0.4 is 10.1 Å². The Hall–Kier alpha value is -4.53. The Bertz CT molecular complexity index is 1660. The summed E-state index contributed by atoms with van der Waals surface area (Å²) in [5.74, 6) is 0.871. The molecule has 2 aromatic carbocycles. The summed E-state index contributed by atoms with van der Waals surface area (Å²) >= 11 is 0. The first-order valence-corrected chi connectivity index (χ1v) is 14.5. The van der Waals surface area contributed by atoms with Crippen LogP contribution in [0.25, 0.3) is 11.0 Å². The lowest BCUT2D eigenvalue weighted by Gasteiger charge is -2.33. The summed E-state index contributed by atoms with van der Waals surface area (Å²) < 4.78 is 32.6. The lowest BCUT2D eigenvalue weighted by atomic mass is 10.0. The van der Waals surface area contributed by atoms with E-state index in [0.29, 0.717) is 24.3 Å². The molecule has 0 amide bonds. The summed E-state index contributed by atoms with van der Waals surface area (Å²) in [6.07, 6.45) is 3.06. The van der Waals surface area contributed by atoms with Crippen LogP contribution in [-0.2, 0) is 29.2 Å². The van der Waals surface area contributed by atoms with Gasteiger partial charge in [-0.2, -0.15) is 5.26 Å². The number of nitriles is 1. The van der Waals surface area contributed by atoms with Crippen LogP contribution in [0.3, 0.4) is 0 Å². The summed E-state index contributed by atoms with van der Waals surface area (Å²) in [5.41, 5.74) is 3.21. The van der Waals surface area contributed by atoms with Gasteiger partial charge in [0.2, 0.25) is 0 Å². The number of ether oxygens (including phenoxy) is 3. The zero-order valence-corrected chi connectivity index (χ0v) is 24.0. The maximum Gasteiger partial charge on any atom is 0.337 e. The first-order valence-electron chi connectivity index (χ1n) is 14.5. The van der Waals surface area contributed by atoms with E-state index in [9.17, 15) is 9.18 Å². The van der Waals surface area contributed by atoms with E-state index in [-0.39, 0.29) is 36.0 Å². The van der Waals surface area contributed by atoms with Crippen LogP contribution in [0.2, 0.25) is 0 Å². The Labute approximate surface area is 249 Å². The lowest BCUT2D eigenvalue weighted by Crippen LogP contribution is -2.39. The molecule has 10 nitrogen and oxygen atoms in total. The summed E-state index contributed by atoms with van der Waals surface area (Å²) in [6, 6.07) is 17.5. The van der Waals surface area contributed by atoms with Crippen LogP contribution in [0.1, 0.15) is 46.7 Å². The predicted octanol–water partition coefficient (Wildman–Crippen LogP) is 4.67. The molecule has 2 aromatic heterocycles. The van der Waals surface area contributed by atoms with Gasteiger partial charge < -0.3 is 24.1 Å². The van der Waals surface area contributed by atoms with Crippen LogP contribution >= 0.6 is 0 Å². The number of carbonyl (C=O) groups is 1. The number of pyridine rings is 1. The Morgan fingerprint density at radius 3 is 2.70 bits per heavy atom. The Balaban J connectivity index is 1.06. The van der Waals surface area contributed by atoms with Gasteiger partial charge in [0, 0.05) is 25.7 Å². The van der Waals surface area contributed by atoms with E-state index in [0.717, 1.165) is 67.7 Å². The van der Waals surface area contributed by atoms with E-state index in [4.69, 9.17) is 24.5 Å². The second kappa shape index (κ2) is 12.8. The number of hydrogen-bond donors (Lipinski definition) is 1. The smallest absolute Gasteiger partial charge is 0.337 e. The number of likely N-dealkylation sites (tertiary alicyclic amines) is 1. The topological polar surface area (TPSA) is 115 Å². The normalized spacial score (nSPS) is 17.3. The molecule has 1 N–H and O–H groups in total. The fourth-order valence-corrected chi connectivity index (χ4v) is 5.50. The van der Waals surface area contributed by atoms with Gasteiger partial charge in [0.1, 0.15) is 18.2 Å². The van der Waals surface area contributed by atoms with E-state index in [2.05, 4.69) is 19.8 Å². The third kappa shape index (κ3) is 6.61. The van der Waals surface area contributed by atoms with Crippen LogP contribution in [-0.4, -0.2) is 64.4 Å². The van der Waals surface area contributed by atoms with E-state index in [1.54, 1.807) is 6.07 Å². The molecule has 43 heavy (non-hydrogen) atoms. The van der Waals surface area contributed by atoms with Crippen LogP contribution in [0, 0.1) is 17.1 Å². The molecule has 0 bridgehead atoms. The SMILES string of the molecule is COC(=O)c1ccc2nc(CN3CCC(Nc4cccc(COc5ccc(C#N)cc5F)n4)CC3)n(CC3CCO3)c2c1. The van der Waals surface area contributed by atoms with Crippen molar-refractivity contribution >= 4 is 22.8 Å². The maximum absolute atomic E-state index is 14.2. The number of halogens is 1. The van der Waals surface area contributed by atoms with Gasteiger partial charge in [0.15, 0.2) is 11.6 Å². The van der Waals surface area contributed by atoms with Gasteiger partial charge in [0.25, 0.3) is 0 Å². The molecular weight excluding hydrogens is 551 g/mol. The van der Waals surface area contributed by atoms with Crippen LogP contribution in [0.4, 0.5) is 10.2 Å². The van der Waals surface area contributed by atoms with Crippen molar-refractivity contribution in [1.29, 1.82) is 5.26 Å². The molecule has 0 radical (unpaired) electrons. The van der Waals surface area contributed by atoms with Gasteiger partial charge in [-0.1, -0.05) is 6.07 Å². The molecule has 2 aliphatic heterocycles. The van der Waals surface area contributed by atoms with E-state index in [1.807, 2.05) is 36.4 Å². The number of piperidine rings is 1. The molecule has 222 valence electrons. The number of imidazole rings is 1. The van der Waals surface area contributed by atoms with Crippen molar-refractivity contribution < 1.29 is 23.4 Å². The molecule has 0 spiro atoms. The van der Waals surface area contributed by atoms with Gasteiger partial charge in [0.05, 0.1) is 60.2 Å². The minimum absolute atomic E-state index is 0.0872. The van der Waals surface area contributed by atoms with Crippen molar-refractivity contribution in [2.45, 2.75) is 51.1 Å². The highest BCUT2D eigenvalue weighted by molar-refractivity contribution is 5.93. The molecule has 2 aliphatic rings. The minimum Gasteiger partial charge on any atom is -0.484 e. The molecule has 1 unspecified atom stereocenters. The van der Waals surface area contributed by atoms with E-state index >= 15 is 0 Å². The van der Waals surface area contributed by atoms with Crippen molar-refractivity contribution in [3.63, 3.8) is 0 Å². The number of fused-ring (bicyclic) bond motifs is 1. The molecule has 0 saturated carbocycles. The number of hydrogen-bond acceptors (Lipinski definition) is 9. The van der Waals surface area contributed by atoms with Gasteiger partial charge in [-0.15, -0.1) is 0 Å². The third-order valence-corrected chi connectivity index (χ3v) is 7.98. The molecular formula is C32H33FN6O4. The molecule has 6 rings (SSSR count). The Morgan fingerprint density at radius 1 is 1.14 bits per heavy atom. The number of methoxy groups -OCH3 is 1. The predicted molar refractivity (Wildman–Crippen MR) is 157 cm³/mol. The fraction of sp³-hybridized carbons (Fsp3) is 0.375. The van der Waals surface area contributed by atoms with E-state index < -0.39 is 5.82 Å². The number of nitrogens with one attached hydrogen (secondary N) is 1. The first-order chi connectivity index (χ1) is 21.0. The standard InChI is InChI=1S/C32H33FN6O4/c1-41-32(40)22-6-7-27-28(16-22)39(18-25-11-14-42-25)31(37-27)19-38-12-9-23(10-13-38)35-30-4-2-3-24(36-30)20-43-29-8-5-21(17-34)15-26(29)33/h2-8,15-16,23,25H,9-14,18-20H2,1H3,(H,35,36). The summed E-state index contributed by atoms with van der Waals surface area (Å²) in [4.78, 5) is 24.2. The van der Waals surface area contributed by atoms with Crippen LogP contribution in [0.5, 0.6) is 5.75 Å². The molecule has 2 saturated heterocycles. The number of rotatable bonds is 10. The van der Waals surface area contributed by atoms with Gasteiger partial charge in [-0.05, 0) is 67.8 Å². The number of anilines is 1. The molecule has 0 aliphatic carbocycles. The maximum atomic E-state index is 14.2. The van der Waals surface area contributed by atoms with Gasteiger partial charge >= 0.3 is 5.97 Å². The minimum atomic E-state index is -0.571. The molecule has 1 atom stereocenters. The van der Waals surface area contributed by atoms with Crippen molar-refractivity contribution in [3.05, 3.63) is 83.1 Å². The second-order valence-corrected chi connectivity index (χ2v) is 10.9. The van der Waals surface area contributed by atoms with Crippen molar-refractivity contribution in [2.24, 2.45) is 0 Å². The molecule has 11 heteroatoms. The highest BCUT2D eigenvalue weighted by atomic mass is 19.1. The number of aromatic nitrogens is 3. The average Bonchev–Trinajstić information content (AvgIpc) is 3.34. The molecule has 4 heterocycles. The second-order valence-electron chi connectivity index (χ2n) is 10.9. The number of esters is 1. The Kier molecular flexibility index (Phi) is 8.49. The quantitative estimate of drug-likeness (QED) is 0.266. The Morgan fingerprint density at radius 2 is 1.98 bits per heavy atom. The highest BCUT2D eigenvalue weighted by Crippen LogP contribution is 2.25. The largest absolute Gasteiger partial charge is 0.484 e. The number of carbonyl (C=O) groups excluding carboxylic acids is 1. The lowest BCUT2D eigenvalue weighted by molar-refractivity contribution is -0.0592. The first kappa shape index (κ1) is 28.6. The fourth-order valence-electron chi connectivity index (χ4n) is 5.50. The van der Waals surface area contributed by atoms with Crippen LogP contribution in [0.15, 0.2) is 54.6 Å². The summed E-state index contributed by atoms with van der Waals surface area (Å²) in [6.45, 7) is 4.10. The average molecular weight is 585 g/mol. The third-order valence-electron chi connectivity index (χ3n) is 7.98. The van der Waals surface area contributed by atoms with Crippen molar-refractivity contribution in [1.82, 2.24) is 19.4 Å². The molecule has 2 fully saturated rings. The van der Waals surface area contributed by atoms with Gasteiger partial charge in [-0.25, -0.2) is 19.2 Å². The van der Waals surface area contributed by atoms with E-state index in [1.165, 1.54) is 19.2 Å². The monoisotopic (exact) mass is 584 g/mol. The van der Waals surface area contributed by atoms with Gasteiger partial charge in [-0.3, -0.25) is 4.90 Å². The molecule has 4 aromatic rings. The highest BCUT2D eigenvalue weighted by Gasteiger charge is 2.25. The zero-order valence-electron chi connectivity index (χ0n) is 24.0. The number of benzene rings is 2. The summed E-state index contributed by atoms with van der Waals surface area (Å²) in [5, 5.41) is 12.5. The van der Waals surface area contributed by atoms with Crippen molar-refractivity contribution in [2.75, 3.05) is 32.1 Å². The van der Waals surface area contributed by atoms with Crippen molar-refractivity contribution in [3.8, 4) is 11.8 Å². The number of nitrogens with zero attached hydrogens (tertiary/aromatic N) is 5. The summed E-state index contributed by atoms with van der Waals surface area (Å²) in [7, 11) is 1.39. The zero-order chi connectivity index (χ0) is 29.8.